The summed E-state index contributed by atoms with van der Waals surface area (Å²) in [6.45, 7) is 8.41. The normalized spacial score (nSPS) is 20.8. The van der Waals surface area contributed by atoms with Gasteiger partial charge in [-0.1, -0.05) is 26.7 Å². The standard InChI is InChI=1S/C15H30N2O/c1-5-7-8-13(6-2)14(18)17-11-9-15(3,16-4)10-12-17/h13,16H,5-12H2,1-4H3. The summed E-state index contributed by atoms with van der Waals surface area (Å²) < 4.78 is 0. The first-order valence-corrected chi connectivity index (χ1v) is 7.54. The molecular formula is C15H30N2O. The number of piperidine rings is 1. The van der Waals surface area contributed by atoms with Crippen LogP contribution in [0.3, 0.4) is 0 Å². The van der Waals surface area contributed by atoms with E-state index in [2.05, 4.69) is 31.0 Å². The summed E-state index contributed by atoms with van der Waals surface area (Å²) in [5.74, 6) is 0.646. The van der Waals surface area contributed by atoms with Gasteiger partial charge >= 0.3 is 0 Å². The first-order chi connectivity index (χ1) is 8.56. The second-order valence-corrected chi connectivity index (χ2v) is 5.88. The van der Waals surface area contributed by atoms with E-state index in [1.807, 2.05) is 7.05 Å². The van der Waals surface area contributed by atoms with Gasteiger partial charge in [0.2, 0.25) is 5.91 Å². The number of rotatable bonds is 6. The van der Waals surface area contributed by atoms with Crippen molar-refractivity contribution in [3.8, 4) is 0 Å². The van der Waals surface area contributed by atoms with E-state index < -0.39 is 0 Å². The molecule has 3 nitrogen and oxygen atoms in total. The summed E-state index contributed by atoms with van der Waals surface area (Å²) in [7, 11) is 2.02. The Morgan fingerprint density at radius 3 is 2.39 bits per heavy atom. The minimum absolute atomic E-state index is 0.224. The molecule has 1 amide bonds. The Balaban J connectivity index is 2.47. The number of likely N-dealkylation sites (tertiary alicyclic amines) is 1. The highest BCUT2D eigenvalue weighted by atomic mass is 16.2. The maximum atomic E-state index is 12.4. The Morgan fingerprint density at radius 1 is 1.33 bits per heavy atom. The van der Waals surface area contributed by atoms with Gasteiger partial charge in [-0.25, -0.2) is 0 Å². The Kier molecular flexibility index (Phi) is 6.13. The second-order valence-electron chi connectivity index (χ2n) is 5.88. The zero-order valence-corrected chi connectivity index (χ0v) is 12.6. The van der Waals surface area contributed by atoms with Crippen molar-refractivity contribution >= 4 is 5.91 Å². The molecule has 0 bridgehead atoms. The average molecular weight is 254 g/mol. The average Bonchev–Trinajstić information content (AvgIpc) is 2.40. The molecule has 0 saturated carbocycles. The van der Waals surface area contributed by atoms with Gasteiger partial charge in [-0.3, -0.25) is 4.79 Å². The number of hydrogen-bond donors (Lipinski definition) is 1. The molecule has 1 aliphatic rings. The molecule has 0 radical (unpaired) electrons. The van der Waals surface area contributed by atoms with E-state index in [1.54, 1.807) is 0 Å². The van der Waals surface area contributed by atoms with Crippen LogP contribution in [0.15, 0.2) is 0 Å². The predicted octanol–water partition coefficient (Wildman–Crippen LogP) is 2.80. The van der Waals surface area contributed by atoms with Gasteiger partial charge in [0.25, 0.3) is 0 Å². The SMILES string of the molecule is CCCCC(CC)C(=O)N1CCC(C)(NC)CC1. The van der Waals surface area contributed by atoms with Gasteiger partial charge in [0.15, 0.2) is 0 Å². The molecule has 1 saturated heterocycles. The number of nitrogens with zero attached hydrogens (tertiary/aromatic N) is 1. The minimum atomic E-state index is 0.224. The van der Waals surface area contributed by atoms with Gasteiger partial charge in [-0.05, 0) is 39.7 Å². The third kappa shape index (κ3) is 3.98. The highest BCUT2D eigenvalue weighted by Gasteiger charge is 2.32. The Hall–Kier alpha value is -0.570. The zero-order chi connectivity index (χ0) is 13.6. The number of amides is 1. The first kappa shape index (κ1) is 15.5. The van der Waals surface area contributed by atoms with E-state index in [9.17, 15) is 4.79 Å². The molecule has 1 fully saturated rings. The van der Waals surface area contributed by atoms with Crippen LogP contribution in [0.5, 0.6) is 0 Å². The highest BCUT2D eigenvalue weighted by molar-refractivity contribution is 5.78. The van der Waals surface area contributed by atoms with Crippen LogP contribution < -0.4 is 5.32 Å². The third-order valence-corrected chi connectivity index (χ3v) is 4.53. The summed E-state index contributed by atoms with van der Waals surface area (Å²) in [6.07, 6.45) is 6.54. The summed E-state index contributed by atoms with van der Waals surface area (Å²) in [5.41, 5.74) is 0.224. The number of carbonyl (C=O) groups excluding carboxylic acids is 1. The maximum Gasteiger partial charge on any atom is 0.225 e. The lowest BCUT2D eigenvalue weighted by Gasteiger charge is -2.40. The van der Waals surface area contributed by atoms with Crippen LogP contribution in [0, 0.1) is 5.92 Å². The van der Waals surface area contributed by atoms with Crippen LogP contribution in [-0.4, -0.2) is 36.5 Å². The zero-order valence-electron chi connectivity index (χ0n) is 12.6. The highest BCUT2D eigenvalue weighted by Crippen LogP contribution is 2.24. The number of hydrogen-bond acceptors (Lipinski definition) is 2. The first-order valence-electron chi connectivity index (χ1n) is 7.54. The van der Waals surface area contributed by atoms with Gasteiger partial charge in [0.05, 0.1) is 0 Å². The lowest BCUT2D eigenvalue weighted by Crippen LogP contribution is -2.52. The molecule has 0 aliphatic carbocycles. The molecule has 1 rings (SSSR count). The smallest absolute Gasteiger partial charge is 0.225 e. The van der Waals surface area contributed by atoms with E-state index in [0.717, 1.165) is 38.8 Å². The fourth-order valence-corrected chi connectivity index (χ4v) is 2.68. The third-order valence-electron chi connectivity index (χ3n) is 4.53. The molecule has 1 heterocycles. The molecule has 1 atom stereocenters. The largest absolute Gasteiger partial charge is 0.342 e. The van der Waals surface area contributed by atoms with Crippen molar-refractivity contribution in [3.05, 3.63) is 0 Å². The van der Waals surface area contributed by atoms with Crippen LogP contribution >= 0.6 is 0 Å². The fraction of sp³-hybridized carbons (Fsp3) is 0.933. The molecule has 1 N–H and O–H groups in total. The molecule has 1 unspecified atom stereocenters. The van der Waals surface area contributed by atoms with Crippen molar-refractivity contribution in [1.29, 1.82) is 0 Å². The van der Waals surface area contributed by atoms with E-state index >= 15 is 0 Å². The molecule has 0 aromatic carbocycles. The molecule has 0 aromatic heterocycles. The minimum Gasteiger partial charge on any atom is -0.342 e. The summed E-state index contributed by atoms with van der Waals surface area (Å²) >= 11 is 0. The molecule has 0 spiro atoms. The van der Waals surface area contributed by atoms with E-state index in [4.69, 9.17) is 0 Å². The number of unbranched alkanes of at least 4 members (excludes halogenated alkanes) is 1. The van der Waals surface area contributed by atoms with Crippen LogP contribution in [0.2, 0.25) is 0 Å². The quantitative estimate of drug-likeness (QED) is 0.790. The molecule has 1 aliphatic heterocycles. The lowest BCUT2D eigenvalue weighted by atomic mass is 9.88. The van der Waals surface area contributed by atoms with Crippen LogP contribution in [-0.2, 0) is 4.79 Å². The summed E-state index contributed by atoms with van der Waals surface area (Å²) in [4.78, 5) is 14.5. The monoisotopic (exact) mass is 254 g/mol. The lowest BCUT2D eigenvalue weighted by molar-refractivity contribution is -0.137. The summed E-state index contributed by atoms with van der Waals surface area (Å²) in [5, 5.41) is 3.38. The van der Waals surface area contributed by atoms with Gasteiger partial charge in [0.1, 0.15) is 0 Å². The fourth-order valence-electron chi connectivity index (χ4n) is 2.68. The second kappa shape index (κ2) is 7.13. The summed E-state index contributed by atoms with van der Waals surface area (Å²) in [6, 6.07) is 0. The Labute approximate surface area is 112 Å². The van der Waals surface area contributed by atoms with Gasteiger partial charge in [0, 0.05) is 24.5 Å². The van der Waals surface area contributed by atoms with Crippen molar-refractivity contribution in [2.45, 2.75) is 64.8 Å². The van der Waals surface area contributed by atoms with Gasteiger partial charge in [-0.2, -0.15) is 0 Å². The topological polar surface area (TPSA) is 32.3 Å². The van der Waals surface area contributed by atoms with Crippen molar-refractivity contribution in [3.63, 3.8) is 0 Å². The molecule has 3 heteroatoms. The van der Waals surface area contributed by atoms with Crippen molar-refractivity contribution in [2.75, 3.05) is 20.1 Å². The van der Waals surface area contributed by atoms with Gasteiger partial charge in [-0.15, -0.1) is 0 Å². The number of nitrogens with one attached hydrogen (secondary N) is 1. The Morgan fingerprint density at radius 2 is 1.94 bits per heavy atom. The Bertz CT molecular complexity index is 257. The molecule has 106 valence electrons. The predicted molar refractivity (Wildman–Crippen MR) is 76.6 cm³/mol. The molecule has 0 aromatic rings. The van der Waals surface area contributed by atoms with Crippen molar-refractivity contribution in [2.24, 2.45) is 5.92 Å². The van der Waals surface area contributed by atoms with Crippen molar-refractivity contribution in [1.82, 2.24) is 10.2 Å². The van der Waals surface area contributed by atoms with Crippen molar-refractivity contribution < 1.29 is 4.79 Å². The van der Waals surface area contributed by atoms with Crippen LogP contribution in [0.4, 0.5) is 0 Å². The maximum absolute atomic E-state index is 12.4. The van der Waals surface area contributed by atoms with Crippen LogP contribution in [0.1, 0.15) is 59.3 Å². The van der Waals surface area contributed by atoms with Crippen LogP contribution in [0.25, 0.3) is 0 Å². The van der Waals surface area contributed by atoms with E-state index in [1.165, 1.54) is 12.8 Å². The number of carbonyl (C=O) groups is 1. The molecule has 18 heavy (non-hydrogen) atoms. The van der Waals surface area contributed by atoms with E-state index in [-0.39, 0.29) is 11.5 Å². The van der Waals surface area contributed by atoms with E-state index in [0.29, 0.717) is 5.91 Å². The molecular weight excluding hydrogens is 224 g/mol. The van der Waals surface area contributed by atoms with Gasteiger partial charge < -0.3 is 10.2 Å².